The van der Waals surface area contributed by atoms with E-state index in [1.807, 2.05) is 24.3 Å². The van der Waals surface area contributed by atoms with E-state index in [1.54, 1.807) is 26.2 Å². The van der Waals surface area contributed by atoms with Gasteiger partial charge in [0, 0.05) is 12.2 Å². The molecule has 0 radical (unpaired) electrons. The summed E-state index contributed by atoms with van der Waals surface area (Å²) in [6.45, 7) is 1.99. The van der Waals surface area contributed by atoms with Gasteiger partial charge < -0.3 is 10.1 Å². The third-order valence-corrected chi connectivity index (χ3v) is 4.54. The molecule has 26 heavy (non-hydrogen) atoms. The maximum atomic E-state index is 13.7. The normalized spacial score (nSPS) is 16.9. The van der Waals surface area contributed by atoms with Crippen molar-refractivity contribution in [2.24, 2.45) is 0 Å². The van der Waals surface area contributed by atoms with E-state index in [0.29, 0.717) is 24.2 Å². The summed E-state index contributed by atoms with van der Waals surface area (Å²) >= 11 is 0. The highest BCUT2D eigenvalue weighted by Crippen LogP contribution is 2.21. The molecule has 136 valence electrons. The lowest BCUT2D eigenvalue weighted by Gasteiger charge is -2.16. The molecular weight excluding hydrogens is 335 g/mol. The highest BCUT2D eigenvalue weighted by Gasteiger charge is 2.38. The molecule has 1 heterocycles. The zero-order valence-electron chi connectivity index (χ0n) is 14.8. The van der Waals surface area contributed by atoms with Gasteiger partial charge in [0.25, 0.3) is 5.91 Å². The van der Waals surface area contributed by atoms with Crippen LogP contribution in [0.2, 0.25) is 0 Å². The van der Waals surface area contributed by atoms with Crippen LogP contribution in [0.15, 0.2) is 42.5 Å². The fourth-order valence-corrected chi connectivity index (χ4v) is 2.95. The van der Waals surface area contributed by atoms with Gasteiger partial charge in [0.05, 0.1) is 13.5 Å². The molecule has 0 aromatic heterocycles. The number of nitrogens with zero attached hydrogens (tertiary/aromatic N) is 1. The monoisotopic (exact) mass is 356 g/mol. The minimum Gasteiger partial charge on any atom is -0.497 e. The van der Waals surface area contributed by atoms with Crippen LogP contribution in [-0.2, 0) is 16.0 Å². The second-order valence-electron chi connectivity index (χ2n) is 6.35. The highest BCUT2D eigenvalue weighted by molar-refractivity contribution is 6.06. The van der Waals surface area contributed by atoms with Crippen molar-refractivity contribution in [3.05, 3.63) is 59.4 Å². The van der Waals surface area contributed by atoms with Crippen LogP contribution in [0.5, 0.6) is 5.75 Å². The molecule has 1 saturated heterocycles. The summed E-state index contributed by atoms with van der Waals surface area (Å²) in [5.74, 6) is -0.0714. The summed E-state index contributed by atoms with van der Waals surface area (Å²) in [6.07, 6.45) is 0.657. The number of hydrogen-bond acceptors (Lipinski definition) is 4. The number of ether oxygens (including phenoxy) is 1. The summed E-state index contributed by atoms with van der Waals surface area (Å²) in [4.78, 5) is 26.0. The molecule has 2 aromatic rings. The Kier molecular flexibility index (Phi) is 5.21. The number of hydrogen-bond donors (Lipinski definition) is 1. The first-order valence-corrected chi connectivity index (χ1v) is 8.48. The van der Waals surface area contributed by atoms with Gasteiger partial charge in [-0.05, 0) is 48.7 Å². The highest BCUT2D eigenvalue weighted by atomic mass is 19.1. The van der Waals surface area contributed by atoms with Crippen molar-refractivity contribution < 1.29 is 18.7 Å². The minimum atomic E-state index is -0.652. The average Bonchev–Trinajstić information content (AvgIpc) is 2.90. The second-order valence-corrected chi connectivity index (χ2v) is 6.35. The molecule has 5 nitrogen and oxygen atoms in total. The number of imide groups is 1. The summed E-state index contributed by atoms with van der Waals surface area (Å²) in [7, 11) is 1.60. The summed E-state index contributed by atoms with van der Waals surface area (Å²) in [5, 5.41) is 2.96. The van der Waals surface area contributed by atoms with Gasteiger partial charge >= 0.3 is 0 Å². The number of carbonyl (C=O) groups is 2. The molecule has 1 atom stereocenters. The van der Waals surface area contributed by atoms with E-state index >= 15 is 0 Å². The molecule has 1 aliphatic heterocycles. The summed E-state index contributed by atoms with van der Waals surface area (Å²) in [5.41, 5.74) is 2.05. The molecule has 2 amide bonds. The maximum absolute atomic E-state index is 13.7. The molecule has 1 aliphatic rings. The number of rotatable bonds is 6. The molecule has 3 rings (SSSR count). The van der Waals surface area contributed by atoms with E-state index in [4.69, 9.17) is 4.74 Å². The molecule has 0 aliphatic carbocycles. The molecule has 6 heteroatoms. The topological polar surface area (TPSA) is 58.6 Å². The lowest BCUT2D eigenvalue weighted by molar-refractivity contribution is -0.138. The Balaban J connectivity index is 1.61. The molecule has 1 fully saturated rings. The second kappa shape index (κ2) is 7.56. The molecule has 0 saturated carbocycles. The number of halogens is 1. The zero-order valence-corrected chi connectivity index (χ0v) is 14.8. The SMILES string of the molecule is COc1ccc(CCN2C(=O)C[C@H](Nc3ccc(C)c(F)c3)C2=O)cc1. The van der Waals surface area contributed by atoms with Gasteiger partial charge in [-0.15, -0.1) is 0 Å². The molecule has 0 spiro atoms. The van der Waals surface area contributed by atoms with E-state index in [-0.39, 0.29) is 24.1 Å². The molecular formula is C20H21FN2O3. The van der Waals surface area contributed by atoms with Gasteiger partial charge in [-0.3, -0.25) is 14.5 Å². The van der Waals surface area contributed by atoms with Crippen molar-refractivity contribution in [3.63, 3.8) is 0 Å². The summed E-state index contributed by atoms with van der Waals surface area (Å²) in [6, 6.07) is 11.5. The summed E-state index contributed by atoms with van der Waals surface area (Å²) < 4.78 is 18.8. The van der Waals surface area contributed by atoms with Crippen LogP contribution in [0, 0.1) is 12.7 Å². The smallest absolute Gasteiger partial charge is 0.252 e. The molecule has 2 aromatic carbocycles. The first kappa shape index (κ1) is 17.9. The van der Waals surface area contributed by atoms with Crippen LogP contribution in [0.1, 0.15) is 17.5 Å². The van der Waals surface area contributed by atoms with E-state index < -0.39 is 6.04 Å². The molecule has 0 bridgehead atoms. The van der Waals surface area contributed by atoms with Gasteiger partial charge in [-0.1, -0.05) is 18.2 Å². The zero-order chi connectivity index (χ0) is 18.7. The largest absolute Gasteiger partial charge is 0.497 e. The number of methoxy groups -OCH3 is 1. The Hall–Kier alpha value is -2.89. The quantitative estimate of drug-likeness (QED) is 0.809. The molecule has 0 unspecified atom stereocenters. The lowest BCUT2D eigenvalue weighted by Crippen LogP contribution is -2.36. The van der Waals surface area contributed by atoms with Crippen molar-refractivity contribution in [1.29, 1.82) is 0 Å². The van der Waals surface area contributed by atoms with E-state index in [0.717, 1.165) is 11.3 Å². The maximum Gasteiger partial charge on any atom is 0.252 e. The number of benzene rings is 2. The number of nitrogens with one attached hydrogen (secondary N) is 1. The van der Waals surface area contributed by atoms with Gasteiger partial charge in [0.1, 0.15) is 17.6 Å². The number of carbonyl (C=O) groups excluding carboxylic acids is 2. The number of likely N-dealkylation sites (tertiary alicyclic amines) is 1. The molecule has 1 N–H and O–H groups in total. The first-order chi connectivity index (χ1) is 12.5. The lowest BCUT2D eigenvalue weighted by atomic mass is 10.1. The van der Waals surface area contributed by atoms with E-state index in [2.05, 4.69) is 5.32 Å². The number of anilines is 1. The fourth-order valence-electron chi connectivity index (χ4n) is 2.95. The standard InChI is InChI=1S/C20H21FN2O3/c1-13-3-6-15(11-17(13)21)22-18-12-19(24)23(20(18)25)10-9-14-4-7-16(26-2)8-5-14/h3-8,11,18,22H,9-10,12H2,1-2H3/t18-/m0/s1. The van der Waals surface area contributed by atoms with Crippen LogP contribution in [0.3, 0.4) is 0 Å². The Labute approximate surface area is 151 Å². The van der Waals surface area contributed by atoms with Gasteiger partial charge in [0.15, 0.2) is 0 Å². The minimum absolute atomic E-state index is 0.0803. The third-order valence-electron chi connectivity index (χ3n) is 4.54. The Morgan fingerprint density at radius 2 is 1.92 bits per heavy atom. The van der Waals surface area contributed by atoms with Crippen LogP contribution in [0.4, 0.5) is 10.1 Å². The van der Waals surface area contributed by atoms with Crippen molar-refractivity contribution in [2.75, 3.05) is 19.0 Å². The van der Waals surface area contributed by atoms with E-state index in [9.17, 15) is 14.0 Å². The van der Waals surface area contributed by atoms with Crippen molar-refractivity contribution in [1.82, 2.24) is 4.90 Å². The van der Waals surface area contributed by atoms with Crippen LogP contribution < -0.4 is 10.1 Å². The predicted octanol–water partition coefficient (Wildman–Crippen LogP) is 2.92. The number of aryl methyl sites for hydroxylation is 1. The van der Waals surface area contributed by atoms with Gasteiger partial charge in [0.2, 0.25) is 5.91 Å². The Bertz CT molecular complexity index is 820. The van der Waals surface area contributed by atoms with E-state index in [1.165, 1.54) is 11.0 Å². The predicted molar refractivity (Wildman–Crippen MR) is 96.6 cm³/mol. The van der Waals surface area contributed by atoms with Crippen LogP contribution in [0.25, 0.3) is 0 Å². The van der Waals surface area contributed by atoms with Crippen molar-refractivity contribution in [3.8, 4) is 5.75 Å². The number of amides is 2. The Morgan fingerprint density at radius 1 is 1.19 bits per heavy atom. The van der Waals surface area contributed by atoms with Crippen molar-refractivity contribution in [2.45, 2.75) is 25.8 Å². The van der Waals surface area contributed by atoms with Gasteiger partial charge in [-0.2, -0.15) is 0 Å². The Morgan fingerprint density at radius 3 is 2.58 bits per heavy atom. The van der Waals surface area contributed by atoms with Gasteiger partial charge in [-0.25, -0.2) is 4.39 Å². The van der Waals surface area contributed by atoms with Crippen LogP contribution >= 0.6 is 0 Å². The average molecular weight is 356 g/mol. The van der Waals surface area contributed by atoms with Crippen LogP contribution in [-0.4, -0.2) is 36.4 Å². The third kappa shape index (κ3) is 3.85. The van der Waals surface area contributed by atoms with Crippen molar-refractivity contribution >= 4 is 17.5 Å². The first-order valence-electron chi connectivity index (χ1n) is 8.48. The fraction of sp³-hybridized carbons (Fsp3) is 0.300.